The third kappa shape index (κ3) is 4.19. The molecule has 1 unspecified atom stereocenters. The topological polar surface area (TPSA) is 53.0 Å². The van der Waals surface area contributed by atoms with Crippen molar-refractivity contribution in [2.75, 3.05) is 39.8 Å². The van der Waals surface area contributed by atoms with Gasteiger partial charge >= 0.3 is 5.97 Å². The van der Waals surface area contributed by atoms with E-state index in [9.17, 15) is 4.79 Å². The number of methoxy groups -OCH3 is 1. The molecule has 1 atom stereocenters. The molecule has 5 nitrogen and oxygen atoms in total. The summed E-state index contributed by atoms with van der Waals surface area (Å²) in [6, 6.07) is 8.37. The lowest BCUT2D eigenvalue weighted by atomic mass is 10.1. The molecule has 0 aromatic heterocycles. The molecule has 1 aromatic carbocycles. The zero-order chi connectivity index (χ0) is 15.2. The van der Waals surface area contributed by atoms with Gasteiger partial charge in [0.05, 0.1) is 13.7 Å². The van der Waals surface area contributed by atoms with E-state index in [1.54, 1.807) is 7.11 Å². The molecular formula is C16H24N2O3. The summed E-state index contributed by atoms with van der Waals surface area (Å²) >= 11 is 0. The van der Waals surface area contributed by atoms with E-state index in [1.807, 2.05) is 23.1 Å². The van der Waals surface area contributed by atoms with Crippen LogP contribution < -0.4 is 4.74 Å². The zero-order valence-electron chi connectivity index (χ0n) is 12.8. The second kappa shape index (κ2) is 7.43. The zero-order valence-corrected chi connectivity index (χ0v) is 12.8. The van der Waals surface area contributed by atoms with Crippen molar-refractivity contribution in [3.05, 3.63) is 29.8 Å². The Labute approximate surface area is 126 Å². The molecule has 1 aliphatic rings. The highest BCUT2D eigenvalue weighted by molar-refractivity contribution is 5.69. The highest BCUT2D eigenvalue weighted by Crippen LogP contribution is 2.29. The lowest BCUT2D eigenvalue weighted by Gasteiger charge is -2.29. The smallest absolute Gasteiger partial charge is 0.317 e. The van der Waals surface area contributed by atoms with E-state index in [1.165, 1.54) is 5.56 Å². The van der Waals surface area contributed by atoms with Crippen LogP contribution in [0.25, 0.3) is 0 Å². The third-order valence-corrected chi connectivity index (χ3v) is 4.12. The Bertz CT molecular complexity index is 478. The molecule has 0 amide bonds. The summed E-state index contributed by atoms with van der Waals surface area (Å²) in [5, 5.41) is 8.91. The van der Waals surface area contributed by atoms with Crippen molar-refractivity contribution in [3.8, 4) is 5.75 Å². The first-order chi connectivity index (χ1) is 10.1. The Hall–Kier alpha value is -1.59. The molecule has 0 spiro atoms. The first-order valence-corrected chi connectivity index (χ1v) is 7.43. The van der Waals surface area contributed by atoms with Gasteiger partial charge in [0.15, 0.2) is 0 Å². The minimum atomic E-state index is -0.749. The average Bonchev–Trinajstić information content (AvgIpc) is 2.71. The van der Waals surface area contributed by atoms with E-state index < -0.39 is 5.97 Å². The summed E-state index contributed by atoms with van der Waals surface area (Å²) in [5.74, 6) is 0.165. The second-order valence-corrected chi connectivity index (χ2v) is 5.48. The maximum absolute atomic E-state index is 10.8. The van der Waals surface area contributed by atoms with E-state index in [-0.39, 0.29) is 12.6 Å². The van der Waals surface area contributed by atoms with E-state index in [0.717, 1.165) is 38.3 Å². The molecule has 2 rings (SSSR count). The molecule has 1 aromatic rings. The van der Waals surface area contributed by atoms with E-state index in [2.05, 4.69) is 17.9 Å². The van der Waals surface area contributed by atoms with Gasteiger partial charge in [-0.2, -0.15) is 0 Å². The van der Waals surface area contributed by atoms with E-state index in [0.29, 0.717) is 0 Å². The van der Waals surface area contributed by atoms with Gasteiger partial charge in [0.25, 0.3) is 0 Å². The highest BCUT2D eigenvalue weighted by atomic mass is 16.5. The normalized spacial score (nSPS) is 19.0. The van der Waals surface area contributed by atoms with Crippen LogP contribution in [0.4, 0.5) is 0 Å². The maximum atomic E-state index is 10.8. The predicted octanol–water partition coefficient (Wildman–Crippen LogP) is 1.85. The van der Waals surface area contributed by atoms with Crippen molar-refractivity contribution in [1.29, 1.82) is 0 Å². The van der Waals surface area contributed by atoms with Crippen LogP contribution in [-0.4, -0.2) is 60.7 Å². The summed E-state index contributed by atoms with van der Waals surface area (Å²) < 4.78 is 5.45. The average molecular weight is 292 g/mol. The van der Waals surface area contributed by atoms with Gasteiger partial charge in [0.1, 0.15) is 5.75 Å². The van der Waals surface area contributed by atoms with Crippen LogP contribution in [-0.2, 0) is 4.79 Å². The Morgan fingerprint density at radius 1 is 1.29 bits per heavy atom. The fourth-order valence-electron chi connectivity index (χ4n) is 2.94. The second-order valence-electron chi connectivity index (χ2n) is 5.48. The predicted molar refractivity (Wildman–Crippen MR) is 81.7 cm³/mol. The molecular weight excluding hydrogens is 268 g/mol. The summed E-state index contributed by atoms with van der Waals surface area (Å²) in [7, 11) is 1.70. The summed E-state index contributed by atoms with van der Waals surface area (Å²) in [6.07, 6.45) is 0.993. The molecule has 0 aliphatic carbocycles. The van der Waals surface area contributed by atoms with Crippen molar-refractivity contribution in [2.45, 2.75) is 19.4 Å². The molecule has 0 radical (unpaired) electrons. The summed E-state index contributed by atoms with van der Waals surface area (Å²) in [4.78, 5) is 15.2. The number of rotatable bonds is 5. The molecule has 1 fully saturated rings. The molecule has 116 valence electrons. The molecule has 0 saturated carbocycles. The van der Waals surface area contributed by atoms with Gasteiger partial charge in [0.2, 0.25) is 0 Å². The number of benzene rings is 1. The molecule has 21 heavy (non-hydrogen) atoms. The van der Waals surface area contributed by atoms with Gasteiger partial charge in [-0.3, -0.25) is 14.6 Å². The first-order valence-electron chi connectivity index (χ1n) is 7.43. The number of hydrogen-bond acceptors (Lipinski definition) is 4. The number of nitrogens with zero attached hydrogens (tertiary/aromatic N) is 2. The number of carboxylic acid groups (broad SMARTS) is 1. The Morgan fingerprint density at radius 2 is 2.05 bits per heavy atom. The van der Waals surface area contributed by atoms with Gasteiger partial charge in [-0.1, -0.05) is 18.2 Å². The number of aliphatic carboxylic acids is 1. The Kier molecular flexibility index (Phi) is 5.59. The van der Waals surface area contributed by atoms with Crippen molar-refractivity contribution in [1.82, 2.24) is 9.80 Å². The fraction of sp³-hybridized carbons (Fsp3) is 0.562. The molecule has 1 saturated heterocycles. The largest absolute Gasteiger partial charge is 0.496 e. The van der Waals surface area contributed by atoms with Crippen molar-refractivity contribution < 1.29 is 14.6 Å². The van der Waals surface area contributed by atoms with Gasteiger partial charge in [-0.15, -0.1) is 0 Å². The van der Waals surface area contributed by atoms with Crippen LogP contribution in [0.1, 0.15) is 24.9 Å². The molecule has 0 bridgehead atoms. The van der Waals surface area contributed by atoms with Crippen molar-refractivity contribution in [3.63, 3.8) is 0 Å². The minimum absolute atomic E-state index is 0.136. The number of carbonyl (C=O) groups is 1. The molecule has 1 aliphatic heterocycles. The Morgan fingerprint density at radius 3 is 2.76 bits per heavy atom. The number of carboxylic acids is 1. The van der Waals surface area contributed by atoms with E-state index in [4.69, 9.17) is 9.84 Å². The standard InChI is InChI=1S/C16H24N2O3/c1-13(14-6-3-4-7-15(14)21-2)18-9-5-8-17(10-11-18)12-16(19)20/h3-4,6-7,13H,5,8-12H2,1-2H3,(H,19,20). The highest BCUT2D eigenvalue weighted by Gasteiger charge is 2.22. The number of hydrogen-bond donors (Lipinski definition) is 1. The monoisotopic (exact) mass is 292 g/mol. The van der Waals surface area contributed by atoms with E-state index >= 15 is 0 Å². The number of ether oxygens (including phenoxy) is 1. The van der Waals surface area contributed by atoms with Crippen LogP contribution in [0, 0.1) is 0 Å². The summed E-state index contributed by atoms with van der Waals surface area (Å²) in [5.41, 5.74) is 1.19. The van der Waals surface area contributed by atoms with Gasteiger partial charge < -0.3 is 9.84 Å². The first kappa shape index (κ1) is 15.8. The lowest BCUT2D eigenvalue weighted by molar-refractivity contribution is -0.138. The van der Waals surface area contributed by atoms with Crippen LogP contribution >= 0.6 is 0 Å². The molecule has 1 N–H and O–H groups in total. The summed E-state index contributed by atoms with van der Waals surface area (Å²) in [6.45, 7) is 5.83. The minimum Gasteiger partial charge on any atom is -0.496 e. The maximum Gasteiger partial charge on any atom is 0.317 e. The van der Waals surface area contributed by atoms with Crippen LogP contribution in [0.5, 0.6) is 5.75 Å². The fourth-order valence-corrected chi connectivity index (χ4v) is 2.94. The SMILES string of the molecule is COc1ccccc1C(C)N1CCCN(CC(=O)O)CC1. The lowest BCUT2D eigenvalue weighted by Crippen LogP contribution is -2.35. The molecule has 1 heterocycles. The number of para-hydroxylation sites is 1. The third-order valence-electron chi connectivity index (χ3n) is 4.12. The van der Waals surface area contributed by atoms with Gasteiger partial charge in [-0.25, -0.2) is 0 Å². The van der Waals surface area contributed by atoms with Crippen molar-refractivity contribution in [2.24, 2.45) is 0 Å². The van der Waals surface area contributed by atoms with Crippen LogP contribution in [0.2, 0.25) is 0 Å². The van der Waals surface area contributed by atoms with Gasteiger partial charge in [-0.05, 0) is 19.4 Å². The Balaban J connectivity index is 2.03. The van der Waals surface area contributed by atoms with Crippen LogP contribution in [0.15, 0.2) is 24.3 Å². The molecule has 5 heteroatoms. The van der Waals surface area contributed by atoms with Crippen molar-refractivity contribution >= 4 is 5.97 Å². The van der Waals surface area contributed by atoms with Crippen LogP contribution in [0.3, 0.4) is 0 Å². The van der Waals surface area contributed by atoms with Gasteiger partial charge in [0, 0.05) is 37.8 Å². The quantitative estimate of drug-likeness (QED) is 0.897.